The van der Waals surface area contributed by atoms with Crippen LogP contribution in [0.4, 0.5) is 0 Å². The molecule has 0 saturated carbocycles. The van der Waals surface area contributed by atoms with Crippen LogP contribution in [0.1, 0.15) is 12.0 Å². The van der Waals surface area contributed by atoms with Gasteiger partial charge >= 0.3 is 0 Å². The quantitative estimate of drug-likeness (QED) is 0.823. The van der Waals surface area contributed by atoms with Crippen molar-refractivity contribution in [1.82, 2.24) is 9.80 Å². The van der Waals surface area contributed by atoms with Gasteiger partial charge in [-0.1, -0.05) is 30.3 Å². The van der Waals surface area contributed by atoms with Crippen LogP contribution in [0.5, 0.6) is 0 Å². The van der Waals surface area contributed by atoms with E-state index in [4.69, 9.17) is 9.47 Å². The van der Waals surface area contributed by atoms with Crippen LogP contribution in [-0.4, -0.2) is 68.3 Å². The van der Waals surface area contributed by atoms with Crippen molar-refractivity contribution < 1.29 is 14.3 Å². The monoisotopic (exact) mass is 318 g/mol. The zero-order chi connectivity index (χ0) is 16.1. The molecule has 3 rings (SSSR count). The summed E-state index contributed by atoms with van der Waals surface area (Å²) in [6.07, 6.45) is 0.703. The van der Waals surface area contributed by atoms with Crippen molar-refractivity contribution >= 4 is 5.91 Å². The maximum Gasteiger partial charge on any atom is 0.253 e. The van der Waals surface area contributed by atoms with Gasteiger partial charge in [0.15, 0.2) is 0 Å². The third kappa shape index (κ3) is 4.31. The summed E-state index contributed by atoms with van der Waals surface area (Å²) in [7, 11) is 1.72. The Bertz CT molecular complexity index is 508. The molecule has 2 saturated heterocycles. The van der Waals surface area contributed by atoms with E-state index in [1.165, 1.54) is 5.56 Å². The molecule has 1 amide bonds. The van der Waals surface area contributed by atoms with E-state index >= 15 is 0 Å². The molecule has 2 fully saturated rings. The van der Waals surface area contributed by atoms with E-state index in [9.17, 15) is 4.79 Å². The molecule has 126 valence electrons. The summed E-state index contributed by atoms with van der Waals surface area (Å²) in [6.45, 7) is 5.41. The number of methoxy groups -OCH3 is 1. The predicted octanol–water partition coefficient (Wildman–Crippen LogP) is 1.38. The Balaban J connectivity index is 1.53. The van der Waals surface area contributed by atoms with Gasteiger partial charge in [-0.05, 0) is 12.0 Å². The fourth-order valence-electron chi connectivity index (χ4n) is 3.45. The third-order valence-corrected chi connectivity index (χ3v) is 4.67. The van der Waals surface area contributed by atoms with Gasteiger partial charge in [-0.25, -0.2) is 0 Å². The highest BCUT2D eigenvalue weighted by Gasteiger charge is 2.34. The number of hydrogen-bond donors (Lipinski definition) is 0. The topological polar surface area (TPSA) is 42.0 Å². The molecule has 0 unspecified atom stereocenters. The van der Waals surface area contributed by atoms with Gasteiger partial charge in [0, 0.05) is 45.8 Å². The van der Waals surface area contributed by atoms with Gasteiger partial charge in [0.2, 0.25) is 0 Å². The van der Waals surface area contributed by atoms with Crippen molar-refractivity contribution in [2.24, 2.45) is 5.92 Å². The maximum absolute atomic E-state index is 12.7. The first kappa shape index (κ1) is 16.4. The van der Waals surface area contributed by atoms with Crippen molar-refractivity contribution in [3.63, 3.8) is 0 Å². The van der Waals surface area contributed by atoms with Gasteiger partial charge in [0.1, 0.15) is 6.10 Å². The SMILES string of the molecule is COC[C@H]1CCN(C(=O)[C@@H]2CN(Cc3ccccc3)CCO2)C1. The lowest BCUT2D eigenvalue weighted by Gasteiger charge is -2.34. The second kappa shape index (κ2) is 7.90. The molecule has 23 heavy (non-hydrogen) atoms. The summed E-state index contributed by atoms with van der Waals surface area (Å²) >= 11 is 0. The minimum atomic E-state index is -0.325. The van der Waals surface area contributed by atoms with Crippen molar-refractivity contribution in [2.45, 2.75) is 19.1 Å². The van der Waals surface area contributed by atoms with Gasteiger partial charge in [0.05, 0.1) is 13.2 Å². The zero-order valence-corrected chi connectivity index (χ0v) is 13.8. The van der Waals surface area contributed by atoms with Crippen LogP contribution in [0.15, 0.2) is 30.3 Å². The van der Waals surface area contributed by atoms with Gasteiger partial charge in [0.25, 0.3) is 5.91 Å². The first-order valence-corrected chi connectivity index (χ1v) is 8.42. The van der Waals surface area contributed by atoms with E-state index in [2.05, 4.69) is 29.2 Å². The lowest BCUT2D eigenvalue weighted by molar-refractivity contribution is -0.148. The molecule has 0 bridgehead atoms. The fraction of sp³-hybridized carbons (Fsp3) is 0.611. The molecule has 1 aromatic carbocycles. The van der Waals surface area contributed by atoms with Crippen molar-refractivity contribution in [3.8, 4) is 0 Å². The Hall–Kier alpha value is -1.43. The lowest BCUT2D eigenvalue weighted by atomic mass is 10.1. The molecule has 0 aliphatic carbocycles. The van der Waals surface area contributed by atoms with Gasteiger partial charge < -0.3 is 14.4 Å². The first-order chi connectivity index (χ1) is 11.3. The minimum Gasteiger partial charge on any atom is -0.384 e. The third-order valence-electron chi connectivity index (χ3n) is 4.67. The number of carbonyl (C=O) groups is 1. The zero-order valence-electron chi connectivity index (χ0n) is 13.8. The second-order valence-electron chi connectivity index (χ2n) is 6.47. The average Bonchev–Trinajstić information content (AvgIpc) is 3.04. The van der Waals surface area contributed by atoms with Gasteiger partial charge in [-0.3, -0.25) is 9.69 Å². The van der Waals surface area contributed by atoms with Crippen LogP contribution < -0.4 is 0 Å². The van der Waals surface area contributed by atoms with E-state index < -0.39 is 0 Å². The van der Waals surface area contributed by atoms with Crippen molar-refractivity contribution in [3.05, 3.63) is 35.9 Å². The molecular formula is C18H26N2O3. The summed E-state index contributed by atoms with van der Waals surface area (Å²) in [4.78, 5) is 16.9. The van der Waals surface area contributed by atoms with Crippen LogP contribution in [0.2, 0.25) is 0 Å². The number of carbonyl (C=O) groups excluding carboxylic acids is 1. The van der Waals surface area contributed by atoms with E-state index in [0.717, 1.165) is 39.2 Å². The van der Waals surface area contributed by atoms with Crippen LogP contribution >= 0.6 is 0 Å². The molecule has 1 aromatic rings. The molecule has 0 radical (unpaired) electrons. The van der Waals surface area contributed by atoms with Crippen molar-refractivity contribution in [2.75, 3.05) is 46.5 Å². The number of nitrogens with zero attached hydrogens (tertiary/aromatic N) is 2. The maximum atomic E-state index is 12.7. The number of rotatable bonds is 5. The Morgan fingerprint density at radius 3 is 2.87 bits per heavy atom. The van der Waals surface area contributed by atoms with E-state index in [1.54, 1.807) is 7.11 Å². The molecule has 2 aliphatic heterocycles. The highest BCUT2D eigenvalue weighted by Crippen LogP contribution is 2.19. The van der Waals surface area contributed by atoms with E-state index in [1.807, 2.05) is 11.0 Å². The highest BCUT2D eigenvalue weighted by molar-refractivity contribution is 5.81. The van der Waals surface area contributed by atoms with E-state index in [-0.39, 0.29) is 12.0 Å². The van der Waals surface area contributed by atoms with Crippen molar-refractivity contribution in [1.29, 1.82) is 0 Å². The molecular weight excluding hydrogens is 292 g/mol. The standard InChI is InChI=1S/C18H26N2O3/c1-22-14-16-7-8-20(12-16)18(21)17-13-19(9-10-23-17)11-15-5-3-2-4-6-15/h2-6,16-17H,7-14H2,1H3/t16-,17-/m0/s1. The number of likely N-dealkylation sites (tertiary alicyclic amines) is 1. The molecule has 2 aliphatic rings. The minimum absolute atomic E-state index is 0.140. The van der Waals surface area contributed by atoms with E-state index in [0.29, 0.717) is 19.1 Å². The number of ether oxygens (including phenoxy) is 2. The molecule has 5 heteroatoms. The summed E-state index contributed by atoms with van der Waals surface area (Å²) in [5.74, 6) is 0.606. The highest BCUT2D eigenvalue weighted by atomic mass is 16.5. The Morgan fingerprint density at radius 1 is 1.26 bits per heavy atom. The van der Waals surface area contributed by atoms with Gasteiger partial charge in [-0.2, -0.15) is 0 Å². The molecule has 0 N–H and O–H groups in total. The molecule has 0 aromatic heterocycles. The molecule has 0 spiro atoms. The van der Waals surface area contributed by atoms with Crippen LogP contribution in [0.25, 0.3) is 0 Å². The molecule has 2 atom stereocenters. The molecule has 2 heterocycles. The lowest BCUT2D eigenvalue weighted by Crippen LogP contribution is -2.50. The largest absolute Gasteiger partial charge is 0.384 e. The first-order valence-electron chi connectivity index (χ1n) is 8.42. The van der Waals surface area contributed by atoms with Crippen LogP contribution in [0.3, 0.4) is 0 Å². The number of amides is 1. The number of benzene rings is 1. The van der Waals surface area contributed by atoms with Crippen LogP contribution in [0, 0.1) is 5.92 Å². The fourth-order valence-corrected chi connectivity index (χ4v) is 3.45. The normalized spacial score (nSPS) is 25.7. The number of morpholine rings is 1. The Morgan fingerprint density at radius 2 is 2.09 bits per heavy atom. The smallest absolute Gasteiger partial charge is 0.253 e. The van der Waals surface area contributed by atoms with Crippen LogP contribution in [-0.2, 0) is 20.8 Å². The molecule has 5 nitrogen and oxygen atoms in total. The Kier molecular flexibility index (Phi) is 5.65. The predicted molar refractivity (Wildman–Crippen MR) is 88.0 cm³/mol. The summed E-state index contributed by atoms with van der Waals surface area (Å²) in [6, 6.07) is 10.4. The van der Waals surface area contributed by atoms with Gasteiger partial charge in [-0.15, -0.1) is 0 Å². The average molecular weight is 318 g/mol. The summed E-state index contributed by atoms with van der Waals surface area (Å²) in [5.41, 5.74) is 1.28. The Labute approximate surface area is 138 Å². The number of hydrogen-bond acceptors (Lipinski definition) is 4. The second-order valence-corrected chi connectivity index (χ2v) is 6.47. The summed E-state index contributed by atoms with van der Waals surface area (Å²) in [5, 5.41) is 0. The summed E-state index contributed by atoms with van der Waals surface area (Å²) < 4.78 is 11.0.